The number of para-hydroxylation sites is 1. The van der Waals surface area contributed by atoms with Crippen molar-refractivity contribution < 1.29 is 9.53 Å². The lowest BCUT2D eigenvalue weighted by molar-refractivity contribution is 0.0169. The zero-order valence-electron chi connectivity index (χ0n) is 16.8. The lowest BCUT2D eigenvalue weighted by Crippen LogP contribution is -2.43. The fraction of sp³-hybridized carbons (Fsp3) is 0.364. The highest BCUT2D eigenvalue weighted by Crippen LogP contribution is 2.26. The van der Waals surface area contributed by atoms with Crippen molar-refractivity contribution in [2.24, 2.45) is 0 Å². The topological polar surface area (TPSA) is 59.4 Å². The SMILES string of the molecule is Cc1nn(-c2ccccc2)c(C)c1C(=O)NC[C@@H](c1cccs1)N1CCOCC1. The van der Waals surface area contributed by atoms with E-state index in [4.69, 9.17) is 4.74 Å². The van der Waals surface area contributed by atoms with Crippen molar-refractivity contribution in [1.82, 2.24) is 20.0 Å². The Labute approximate surface area is 175 Å². The molecule has 1 aliphatic rings. The highest BCUT2D eigenvalue weighted by Gasteiger charge is 2.25. The Morgan fingerprint density at radius 1 is 1.17 bits per heavy atom. The molecule has 0 spiro atoms. The number of aromatic nitrogens is 2. The van der Waals surface area contributed by atoms with Crippen molar-refractivity contribution in [3.05, 3.63) is 69.7 Å². The summed E-state index contributed by atoms with van der Waals surface area (Å²) >= 11 is 1.73. The third-order valence-electron chi connectivity index (χ3n) is 5.33. The predicted octanol–water partition coefficient (Wildman–Crippen LogP) is 3.35. The fourth-order valence-corrected chi connectivity index (χ4v) is 4.71. The van der Waals surface area contributed by atoms with Crippen LogP contribution < -0.4 is 5.32 Å². The minimum Gasteiger partial charge on any atom is -0.379 e. The minimum absolute atomic E-state index is 0.0722. The van der Waals surface area contributed by atoms with Gasteiger partial charge in [-0.05, 0) is 37.4 Å². The van der Waals surface area contributed by atoms with E-state index in [1.54, 1.807) is 11.3 Å². The number of nitrogens with one attached hydrogen (secondary N) is 1. The first-order valence-electron chi connectivity index (χ1n) is 9.90. The van der Waals surface area contributed by atoms with Gasteiger partial charge in [0.15, 0.2) is 0 Å². The normalized spacial score (nSPS) is 15.9. The number of hydrogen-bond donors (Lipinski definition) is 1. The van der Waals surface area contributed by atoms with Crippen LogP contribution in [0.15, 0.2) is 47.8 Å². The number of nitrogens with zero attached hydrogens (tertiary/aromatic N) is 3. The van der Waals surface area contributed by atoms with Crippen molar-refractivity contribution in [3.8, 4) is 5.69 Å². The third-order valence-corrected chi connectivity index (χ3v) is 6.31. The van der Waals surface area contributed by atoms with Crippen LogP contribution >= 0.6 is 11.3 Å². The van der Waals surface area contributed by atoms with E-state index in [-0.39, 0.29) is 11.9 Å². The van der Waals surface area contributed by atoms with Gasteiger partial charge in [-0.25, -0.2) is 4.68 Å². The van der Waals surface area contributed by atoms with Crippen molar-refractivity contribution in [1.29, 1.82) is 0 Å². The molecule has 3 heterocycles. The summed E-state index contributed by atoms with van der Waals surface area (Å²) in [5.41, 5.74) is 3.20. The summed E-state index contributed by atoms with van der Waals surface area (Å²) in [4.78, 5) is 16.7. The number of morpholine rings is 1. The number of benzene rings is 1. The van der Waals surface area contributed by atoms with Gasteiger partial charge in [0.2, 0.25) is 0 Å². The average Bonchev–Trinajstić information content (AvgIpc) is 3.38. The second-order valence-corrected chi connectivity index (χ2v) is 8.16. The summed E-state index contributed by atoms with van der Waals surface area (Å²) in [6.07, 6.45) is 0. The molecule has 6 nitrogen and oxygen atoms in total. The van der Waals surface area contributed by atoms with Crippen molar-refractivity contribution in [3.63, 3.8) is 0 Å². The van der Waals surface area contributed by atoms with Crippen LogP contribution in [0.3, 0.4) is 0 Å². The summed E-state index contributed by atoms with van der Waals surface area (Å²) < 4.78 is 7.34. The Kier molecular flexibility index (Phi) is 6.08. The molecular weight excluding hydrogens is 384 g/mol. The number of ether oxygens (including phenoxy) is 1. The van der Waals surface area contributed by atoms with Gasteiger partial charge in [0.1, 0.15) is 0 Å². The Balaban J connectivity index is 1.52. The maximum absolute atomic E-state index is 13.1. The molecule has 0 saturated carbocycles. The van der Waals surface area contributed by atoms with E-state index in [0.29, 0.717) is 12.1 Å². The van der Waals surface area contributed by atoms with E-state index < -0.39 is 0 Å². The summed E-state index contributed by atoms with van der Waals surface area (Å²) in [6.45, 7) is 7.62. The van der Waals surface area contributed by atoms with Crippen LogP contribution in [0.5, 0.6) is 0 Å². The quantitative estimate of drug-likeness (QED) is 0.677. The minimum atomic E-state index is -0.0722. The molecular formula is C22H26N4O2S. The number of rotatable bonds is 6. The Hall–Kier alpha value is -2.48. The lowest BCUT2D eigenvalue weighted by atomic mass is 10.1. The summed E-state index contributed by atoms with van der Waals surface area (Å²) in [5.74, 6) is -0.0722. The molecule has 1 atom stereocenters. The number of carbonyl (C=O) groups is 1. The third kappa shape index (κ3) is 4.27. The predicted molar refractivity (Wildman–Crippen MR) is 115 cm³/mol. The summed E-state index contributed by atoms with van der Waals surface area (Å²) in [6, 6.07) is 14.3. The molecule has 0 radical (unpaired) electrons. The first-order valence-corrected chi connectivity index (χ1v) is 10.8. The van der Waals surface area contributed by atoms with Crippen LogP contribution in [0, 0.1) is 13.8 Å². The average molecular weight is 411 g/mol. The second-order valence-electron chi connectivity index (χ2n) is 7.18. The summed E-state index contributed by atoms with van der Waals surface area (Å²) in [7, 11) is 0. The lowest BCUT2D eigenvalue weighted by Gasteiger charge is -2.34. The van der Waals surface area contributed by atoms with Gasteiger partial charge < -0.3 is 10.1 Å². The molecule has 1 fully saturated rings. The van der Waals surface area contributed by atoms with Crippen LogP contribution in [-0.2, 0) is 4.74 Å². The van der Waals surface area contributed by atoms with Crippen molar-refractivity contribution in [2.45, 2.75) is 19.9 Å². The number of carbonyl (C=O) groups excluding carboxylic acids is 1. The highest BCUT2D eigenvalue weighted by atomic mass is 32.1. The van der Waals surface area contributed by atoms with Gasteiger partial charge in [-0.1, -0.05) is 24.3 Å². The van der Waals surface area contributed by atoms with Crippen LogP contribution in [0.2, 0.25) is 0 Å². The molecule has 0 aliphatic carbocycles. The maximum atomic E-state index is 13.1. The van der Waals surface area contributed by atoms with Gasteiger partial charge in [-0.3, -0.25) is 9.69 Å². The molecule has 1 aliphatic heterocycles. The molecule has 0 unspecified atom stereocenters. The Morgan fingerprint density at radius 3 is 2.62 bits per heavy atom. The van der Waals surface area contributed by atoms with E-state index in [2.05, 4.69) is 32.8 Å². The molecule has 152 valence electrons. The molecule has 1 saturated heterocycles. The van der Waals surface area contributed by atoms with Crippen LogP contribution in [0.1, 0.15) is 32.7 Å². The zero-order valence-corrected chi connectivity index (χ0v) is 17.6. The van der Waals surface area contributed by atoms with Gasteiger partial charge in [-0.2, -0.15) is 5.10 Å². The highest BCUT2D eigenvalue weighted by molar-refractivity contribution is 7.10. The molecule has 0 bridgehead atoms. The first kappa shape index (κ1) is 19.8. The second kappa shape index (κ2) is 8.90. The molecule has 2 aromatic heterocycles. The standard InChI is InChI=1S/C22H26N4O2S/c1-16-21(17(2)26(24-16)18-7-4-3-5-8-18)22(27)23-15-19(20-9-6-14-29-20)25-10-12-28-13-11-25/h3-9,14,19H,10-13,15H2,1-2H3,(H,23,27)/t19-/m0/s1. The van der Waals surface area contributed by atoms with Crippen molar-refractivity contribution >= 4 is 17.2 Å². The van der Waals surface area contributed by atoms with E-state index in [1.165, 1.54) is 4.88 Å². The molecule has 29 heavy (non-hydrogen) atoms. The van der Waals surface area contributed by atoms with Gasteiger partial charge in [-0.15, -0.1) is 11.3 Å². The van der Waals surface area contributed by atoms with Crippen LogP contribution in [0.25, 0.3) is 5.69 Å². The van der Waals surface area contributed by atoms with E-state index in [9.17, 15) is 4.79 Å². The zero-order chi connectivity index (χ0) is 20.2. The number of amides is 1. The number of thiophene rings is 1. The smallest absolute Gasteiger partial charge is 0.255 e. The molecule has 1 N–H and O–H groups in total. The Morgan fingerprint density at radius 2 is 1.93 bits per heavy atom. The molecule has 3 aromatic rings. The summed E-state index contributed by atoms with van der Waals surface area (Å²) in [5, 5.41) is 9.85. The van der Waals surface area contributed by atoms with Gasteiger partial charge in [0.05, 0.1) is 41.9 Å². The first-order chi connectivity index (χ1) is 14.1. The van der Waals surface area contributed by atoms with Crippen LogP contribution in [-0.4, -0.2) is 53.4 Å². The van der Waals surface area contributed by atoms with Gasteiger partial charge in [0, 0.05) is 24.5 Å². The molecule has 1 aromatic carbocycles. The molecule has 4 rings (SSSR count). The van der Waals surface area contributed by atoms with E-state index in [0.717, 1.165) is 43.4 Å². The monoisotopic (exact) mass is 410 g/mol. The fourth-order valence-electron chi connectivity index (χ4n) is 3.85. The van der Waals surface area contributed by atoms with Crippen LogP contribution in [0.4, 0.5) is 0 Å². The number of hydrogen-bond acceptors (Lipinski definition) is 5. The number of aryl methyl sites for hydroxylation is 1. The van der Waals surface area contributed by atoms with Crippen molar-refractivity contribution in [2.75, 3.05) is 32.8 Å². The molecule has 7 heteroatoms. The largest absolute Gasteiger partial charge is 0.379 e. The van der Waals surface area contributed by atoms with E-state index >= 15 is 0 Å². The Bertz CT molecular complexity index is 947. The molecule has 1 amide bonds. The van der Waals surface area contributed by atoms with Gasteiger partial charge in [0.25, 0.3) is 5.91 Å². The maximum Gasteiger partial charge on any atom is 0.255 e. The van der Waals surface area contributed by atoms with Gasteiger partial charge >= 0.3 is 0 Å². The van der Waals surface area contributed by atoms with E-state index in [1.807, 2.05) is 48.9 Å².